The van der Waals surface area contributed by atoms with Crippen molar-refractivity contribution in [3.63, 3.8) is 0 Å². The van der Waals surface area contributed by atoms with Crippen LogP contribution < -0.4 is 5.32 Å². The maximum atomic E-state index is 12.2. The molecule has 4 rings (SSSR count). The van der Waals surface area contributed by atoms with E-state index in [9.17, 15) is 4.79 Å². The van der Waals surface area contributed by atoms with Gasteiger partial charge in [-0.1, -0.05) is 72.3 Å². The number of pyridine rings is 1. The maximum absolute atomic E-state index is 12.2. The molecule has 1 aliphatic rings. The Hall–Kier alpha value is -3.11. The number of rotatable bonds is 6. The highest BCUT2D eigenvalue weighted by Crippen LogP contribution is 2.44. The molecule has 4 nitrogen and oxygen atoms in total. The summed E-state index contributed by atoms with van der Waals surface area (Å²) in [5.74, 6) is 0.0683. The van der Waals surface area contributed by atoms with Gasteiger partial charge in [-0.3, -0.25) is 0 Å². The van der Waals surface area contributed by atoms with Crippen molar-refractivity contribution in [3.05, 3.63) is 94.3 Å². The number of amides is 1. The van der Waals surface area contributed by atoms with E-state index >= 15 is 0 Å². The first-order chi connectivity index (χ1) is 14.6. The van der Waals surface area contributed by atoms with Crippen LogP contribution in [0.15, 0.2) is 66.9 Å². The van der Waals surface area contributed by atoms with Crippen LogP contribution in [0.4, 0.5) is 4.79 Å². The minimum atomic E-state index is -0.402. The fourth-order valence-corrected chi connectivity index (χ4v) is 4.11. The van der Waals surface area contributed by atoms with Crippen molar-refractivity contribution in [2.45, 2.75) is 19.3 Å². The minimum Gasteiger partial charge on any atom is -0.449 e. The normalized spacial score (nSPS) is 12.6. The number of aromatic nitrogens is 1. The molecule has 1 N–H and O–H groups in total. The second-order valence-corrected chi connectivity index (χ2v) is 7.63. The molecule has 152 valence electrons. The molecule has 1 aliphatic carbocycles. The van der Waals surface area contributed by atoms with E-state index in [0.29, 0.717) is 24.7 Å². The zero-order valence-corrected chi connectivity index (χ0v) is 17.5. The van der Waals surface area contributed by atoms with Gasteiger partial charge in [0.2, 0.25) is 0 Å². The van der Waals surface area contributed by atoms with Crippen LogP contribution in [0.1, 0.15) is 34.6 Å². The van der Waals surface area contributed by atoms with Gasteiger partial charge in [0.1, 0.15) is 11.8 Å². The van der Waals surface area contributed by atoms with Crippen molar-refractivity contribution in [2.75, 3.05) is 13.2 Å². The first-order valence-corrected chi connectivity index (χ1v) is 10.4. The van der Waals surface area contributed by atoms with Gasteiger partial charge in [-0.2, -0.15) is 0 Å². The number of ether oxygens (including phenoxy) is 1. The highest BCUT2D eigenvalue weighted by molar-refractivity contribution is 6.30. The van der Waals surface area contributed by atoms with E-state index in [1.54, 1.807) is 6.20 Å². The fourth-order valence-electron chi connectivity index (χ4n) is 3.84. The number of hydrogen-bond donors (Lipinski definition) is 1. The van der Waals surface area contributed by atoms with Gasteiger partial charge in [0, 0.05) is 24.2 Å². The standard InChI is InChI=1S/C25H23ClN2O2/c1-17-13-15-27-24(26)18(17)8-6-7-14-28-25(29)30-16-23-21-11-4-2-9-19(21)20-10-3-5-12-22(20)23/h2-6,8-13,15,23H,7,14,16H2,1H3,(H,28,29). The van der Waals surface area contributed by atoms with Crippen LogP contribution in [0.3, 0.4) is 0 Å². The Balaban J connectivity index is 1.29. The SMILES string of the molecule is Cc1ccnc(Cl)c1C=CCCNC(=O)OCC1c2ccccc2-c2ccccc21. The topological polar surface area (TPSA) is 51.2 Å². The van der Waals surface area contributed by atoms with E-state index in [0.717, 1.165) is 11.1 Å². The van der Waals surface area contributed by atoms with E-state index in [2.05, 4.69) is 34.6 Å². The predicted octanol–water partition coefficient (Wildman–Crippen LogP) is 5.99. The van der Waals surface area contributed by atoms with Gasteiger partial charge in [-0.05, 0) is 47.2 Å². The summed E-state index contributed by atoms with van der Waals surface area (Å²) >= 11 is 6.12. The van der Waals surface area contributed by atoms with Crippen LogP contribution in [0.5, 0.6) is 0 Å². The molecule has 0 unspecified atom stereocenters. The molecule has 1 aromatic heterocycles. The van der Waals surface area contributed by atoms with Crippen molar-refractivity contribution in [2.24, 2.45) is 0 Å². The van der Waals surface area contributed by atoms with Crippen LogP contribution in [-0.4, -0.2) is 24.2 Å². The van der Waals surface area contributed by atoms with Gasteiger partial charge < -0.3 is 10.1 Å². The van der Waals surface area contributed by atoms with Gasteiger partial charge in [-0.15, -0.1) is 0 Å². The van der Waals surface area contributed by atoms with Crippen LogP contribution in [-0.2, 0) is 4.74 Å². The molecular weight excluding hydrogens is 396 g/mol. The number of aryl methyl sites for hydroxylation is 1. The second kappa shape index (κ2) is 9.14. The van der Waals surface area contributed by atoms with E-state index in [4.69, 9.17) is 16.3 Å². The Labute approximate surface area is 181 Å². The Bertz CT molecular complexity index is 1030. The van der Waals surface area contributed by atoms with Gasteiger partial charge in [0.25, 0.3) is 0 Å². The number of alkyl carbamates (subject to hydrolysis) is 1. The predicted molar refractivity (Wildman–Crippen MR) is 121 cm³/mol. The zero-order valence-electron chi connectivity index (χ0n) is 16.8. The van der Waals surface area contributed by atoms with Crippen molar-refractivity contribution >= 4 is 23.8 Å². The molecule has 3 aromatic rings. The fraction of sp³-hybridized carbons (Fsp3) is 0.200. The van der Waals surface area contributed by atoms with Gasteiger partial charge in [0.05, 0.1) is 0 Å². The lowest BCUT2D eigenvalue weighted by atomic mass is 9.98. The van der Waals surface area contributed by atoms with Gasteiger partial charge in [-0.25, -0.2) is 9.78 Å². The van der Waals surface area contributed by atoms with Crippen LogP contribution in [0.2, 0.25) is 5.15 Å². The van der Waals surface area contributed by atoms with E-state index in [1.165, 1.54) is 22.3 Å². The molecule has 1 amide bonds. The average molecular weight is 419 g/mol. The molecule has 0 bridgehead atoms. The van der Waals surface area contributed by atoms with Crippen LogP contribution in [0, 0.1) is 6.92 Å². The number of halogens is 1. The zero-order chi connectivity index (χ0) is 20.9. The van der Waals surface area contributed by atoms with Crippen molar-refractivity contribution in [3.8, 4) is 11.1 Å². The molecule has 30 heavy (non-hydrogen) atoms. The summed E-state index contributed by atoms with van der Waals surface area (Å²) in [5, 5.41) is 3.29. The number of nitrogens with zero attached hydrogens (tertiary/aromatic N) is 1. The molecule has 0 atom stereocenters. The third-order valence-electron chi connectivity index (χ3n) is 5.37. The van der Waals surface area contributed by atoms with Crippen molar-refractivity contribution in [1.82, 2.24) is 10.3 Å². The summed E-state index contributed by atoms with van der Waals surface area (Å²) in [6.07, 6.45) is 5.87. The number of hydrogen-bond acceptors (Lipinski definition) is 3. The van der Waals surface area contributed by atoms with Crippen LogP contribution in [0.25, 0.3) is 17.2 Å². The lowest BCUT2D eigenvalue weighted by molar-refractivity contribution is 0.143. The van der Waals surface area contributed by atoms with Gasteiger partial charge >= 0.3 is 6.09 Å². The molecule has 0 saturated carbocycles. The summed E-state index contributed by atoms with van der Waals surface area (Å²) in [6, 6.07) is 18.5. The van der Waals surface area contributed by atoms with Crippen molar-refractivity contribution in [1.29, 1.82) is 0 Å². The third kappa shape index (κ3) is 4.24. The maximum Gasteiger partial charge on any atom is 0.407 e. The Kier molecular flexibility index (Phi) is 6.15. The lowest BCUT2D eigenvalue weighted by Crippen LogP contribution is -2.26. The minimum absolute atomic E-state index is 0.0683. The summed E-state index contributed by atoms with van der Waals surface area (Å²) in [5.41, 5.74) is 6.82. The Morgan fingerprint density at radius 3 is 2.43 bits per heavy atom. The number of benzene rings is 2. The Morgan fingerprint density at radius 2 is 1.77 bits per heavy atom. The molecule has 1 heterocycles. The number of fused-ring (bicyclic) bond motifs is 3. The smallest absolute Gasteiger partial charge is 0.407 e. The van der Waals surface area contributed by atoms with Crippen molar-refractivity contribution < 1.29 is 9.53 Å². The average Bonchev–Trinajstić information content (AvgIpc) is 3.08. The van der Waals surface area contributed by atoms with Crippen LogP contribution >= 0.6 is 11.6 Å². The highest BCUT2D eigenvalue weighted by atomic mass is 35.5. The molecular formula is C25H23ClN2O2. The summed E-state index contributed by atoms with van der Waals surface area (Å²) in [4.78, 5) is 16.3. The molecule has 2 aromatic carbocycles. The largest absolute Gasteiger partial charge is 0.449 e. The van der Waals surface area contributed by atoms with E-state index in [1.807, 2.05) is 49.4 Å². The lowest BCUT2D eigenvalue weighted by Gasteiger charge is -2.14. The molecule has 0 fully saturated rings. The molecule has 5 heteroatoms. The monoisotopic (exact) mass is 418 g/mol. The van der Waals surface area contributed by atoms with Gasteiger partial charge in [0.15, 0.2) is 0 Å². The van der Waals surface area contributed by atoms with E-state index in [-0.39, 0.29) is 5.92 Å². The molecule has 0 spiro atoms. The summed E-state index contributed by atoms with van der Waals surface area (Å²) in [7, 11) is 0. The quantitative estimate of drug-likeness (QED) is 0.395. The highest BCUT2D eigenvalue weighted by Gasteiger charge is 2.28. The Morgan fingerprint density at radius 1 is 1.10 bits per heavy atom. The summed E-state index contributed by atoms with van der Waals surface area (Å²) < 4.78 is 5.54. The van der Waals surface area contributed by atoms with E-state index < -0.39 is 6.09 Å². The number of carbonyl (C=O) groups is 1. The second-order valence-electron chi connectivity index (χ2n) is 7.28. The third-order valence-corrected chi connectivity index (χ3v) is 5.67. The molecule has 0 saturated heterocycles. The first-order valence-electron chi connectivity index (χ1n) is 10.0. The molecule has 0 radical (unpaired) electrons. The summed E-state index contributed by atoms with van der Waals surface area (Å²) in [6.45, 7) is 2.80. The number of carbonyl (C=O) groups excluding carboxylic acids is 1. The first kappa shape index (κ1) is 20.2. The number of nitrogens with one attached hydrogen (secondary N) is 1. The molecule has 0 aliphatic heterocycles.